The molecule has 0 aliphatic heterocycles. The highest BCUT2D eigenvalue weighted by atomic mass is 35.5. The number of rotatable bonds is 4. The van der Waals surface area contributed by atoms with Crippen LogP contribution in [0.4, 0.5) is 22.0 Å². The molecule has 3 N–H and O–H groups in total. The van der Waals surface area contributed by atoms with Crippen LogP contribution in [-0.2, 0) is 0 Å². The molecule has 22 heavy (non-hydrogen) atoms. The molecule has 2 amide bonds. The zero-order valence-corrected chi connectivity index (χ0v) is 13.5. The summed E-state index contributed by atoms with van der Waals surface area (Å²) in [6.45, 7) is 5.79. The van der Waals surface area contributed by atoms with Gasteiger partial charge in [0.2, 0.25) is 0 Å². The smallest absolute Gasteiger partial charge is 0.319 e. The van der Waals surface area contributed by atoms with E-state index in [0.717, 1.165) is 11.3 Å². The maximum Gasteiger partial charge on any atom is 0.319 e. The number of anilines is 3. The van der Waals surface area contributed by atoms with Crippen molar-refractivity contribution in [3.63, 3.8) is 0 Å². The van der Waals surface area contributed by atoms with Crippen LogP contribution in [-0.4, -0.2) is 17.1 Å². The van der Waals surface area contributed by atoms with Gasteiger partial charge in [0.25, 0.3) is 0 Å². The Morgan fingerprint density at radius 3 is 2.64 bits per heavy atom. The molecule has 2 rings (SSSR count). The fourth-order valence-corrected chi connectivity index (χ4v) is 2.01. The second kappa shape index (κ2) is 7.13. The number of amides is 2. The van der Waals surface area contributed by atoms with Gasteiger partial charge in [0.05, 0.1) is 11.9 Å². The Kier molecular flexibility index (Phi) is 5.22. The molecule has 6 heteroatoms. The number of carbonyl (C=O) groups is 1. The lowest BCUT2D eigenvalue weighted by Gasteiger charge is -2.11. The van der Waals surface area contributed by atoms with E-state index in [4.69, 9.17) is 11.6 Å². The summed E-state index contributed by atoms with van der Waals surface area (Å²) in [5.41, 5.74) is 2.61. The molecule has 0 bridgehead atoms. The first-order chi connectivity index (χ1) is 10.4. The molecule has 0 saturated carbocycles. The van der Waals surface area contributed by atoms with Crippen molar-refractivity contribution in [1.29, 1.82) is 0 Å². The van der Waals surface area contributed by atoms with Crippen LogP contribution in [0.2, 0.25) is 5.02 Å². The number of benzene rings is 1. The molecule has 0 unspecified atom stereocenters. The number of aryl methyl sites for hydroxylation is 1. The van der Waals surface area contributed by atoms with Crippen molar-refractivity contribution in [2.24, 2.45) is 0 Å². The van der Waals surface area contributed by atoms with Gasteiger partial charge in [-0.1, -0.05) is 17.7 Å². The van der Waals surface area contributed by atoms with Crippen LogP contribution in [0.5, 0.6) is 0 Å². The van der Waals surface area contributed by atoms with Crippen LogP contribution < -0.4 is 16.0 Å². The third-order valence-electron chi connectivity index (χ3n) is 2.90. The van der Waals surface area contributed by atoms with Gasteiger partial charge < -0.3 is 16.0 Å². The van der Waals surface area contributed by atoms with Crippen molar-refractivity contribution in [2.45, 2.75) is 26.8 Å². The zero-order chi connectivity index (χ0) is 16.1. The minimum absolute atomic E-state index is 0.0831. The molecule has 0 radical (unpaired) electrons. The summed E-state index contributed by atoms with van der Waals surface area (Å²) in [4.78, 5) is 15.9. The molecule has 1 aromatic heterocycles. The molecule has 2 aromatic rings. The number of pyridine rings is 1. The Morgan fingerprint density at radius 1 is 1.23 bits per heavy atom. The monoisotopic (exact) mass is 318 g/mol. The normalized spacial score (nSPS) is 10.4. The maximum atomic E-state index is 11.6. The highest BCUT2D eigenvalue weighted by molar-refractivity contribution is 6.30. The topological polar surface area (TPSA) is 66.0 Å². The second-order valence-electron chi connectivity index (χ2n) is 5.27. The van der Waals surface area contributed by atoms with Crippen molar-refractivity contribution in [1.82, 2.24) is 10.3 Å². The van der Waals surface area contributed by atoms with E-state index in [0.29, 0.717) is 16.5 Å². The number of halogens is 1. The lowest BCUT2D eigenvalue weighted by Crippen LogP contribution is -2.34. The van der Waals surface area contributed by atoms with E-state index in [9.17, 15) is 4.79 Å². The molecule has 0 aliphatic carbocycles. The predicted molar refractivity (Wildman–Crippen MR) is 91.0 cm³/mol. The van der Waals surface area contributed by atoms with E-state index in [1.807, 2.05) is 39.0 Å². The molecular formula is C16H19ClN4O. The number of hydrogen-bond donors (Lipinski definition) is 3. The van der Waals surface area contributed by atoms with E-state index < -0.39 is 0 Å². The molecule has 0 atom stereocenters. The van der Waals surface area contributed by atoms with E-state index in [-0.39, 0.29) is 12.1 Å². The maximum absolute atomic E-state index is 11.6. The summed E-state index contributed by atoms with van der Waals surface area (Å²) in [7, 11) is 0. The predicted octanol–water partition coefficient (Wildman–Crippen LogP) is 4.32. The largest absolute Gasteiger partial charge is 0.340 e. The first-order valence-corrected chi connectivity index (χ1v) is 7.38. The molecule has 1 aromatic carbocycles. The van der Waals surface area contributed by atoms with Gasteiger partial charge in [-0.15, -0.1) is 0 Å². The second-order valence-corrected chi connectivity index (χ2v) is 5.71. The van der Waals surface area contributed by atoms with E-state index >= 15 is 0 Å². The highest BCUT2D eigenvalue weighted by Gasteiger charge is 2.05. The van der Waals surface area contributed by atoms with Crippen molar-refractivity contribution in [3.8, 4) is 0 Å². The fraction of sp³-hybridized carbons (Fsp3) is 0.250. The van der Waals surface area contributed by atoms with Crippen molar-refractivity contribution in [2.75, 3.05) is 10.6 Å². The van der Waals surface area contributed by atoms with Crippen LogP contribution in [0.15, 0.2) is 36.5 Å². The summed E-state index contributed by atoms with van der Waals surface area (Å²) >= 11 is 5.99. The number of hydrogen-bond acceptors (Lipinski definition) is 3. The molecule has 0 fully saturated rings. The zero-order valence-electron chi connectivity index (χ0n) is 12.8. The average molecular weight is 319 g/mol. The van der Waals surface area contributed by atoms with Crippen LogP contribution in [0.25, 0.3) is 0 Å². The van der Waals surface area contributed by atoms with Crippen molar-refractivity contribution < 1.29 is 4.79 Å². The van der Waals surface area contributed by atoms with Gasteiger partial charge in [-0.3, -0.25) is 0 Å². The Labute approximate surface area is 135 Å². The van der Waals surface area contributed by atoms with Crippen LogP contribution in [0.3, 0.4) is 0 Å². The molecule has 116 valence electrons. The number of urea groups is 1. The quantitative estimate of drug-likeness (QED) is 0.786. The van der Waals surface area contributed by atoms with E-state index in [1.165, 1.54) is 0 Å². The van der Waals surface area contributed by atoms with Crippen LogP contribution >= 0.6 is 11.6 Å². The Balaban J connectivity index is 2.03. The van der Waals surface area contributed by atoms with Gasteiger partial charge in [-0.25, -0.2) is 9.78 Å². The lowest BCUT2D eigenvalue weighted by atomic mass is 10.2. The fourth-order valence-electron chi connectivity index (χ4n) is 1.84. The Bertz CT molecular complexity index is 656. The SMILES string of the molecule is Cc1ccc(Cl)cc1Nc1ccc(NC(=O)NC(C)C)cn1. The van der Waals surface area contributed by atoms with Crippen LogP contribution in [0, 0.1) is 6.92 Å². The molecule has 0 spiro atoms. The third kappa shape index (κ3) is 4.63. The first-order valence-electron chi connectivity index (χ1n) is 7.01. The Hall–Kier alpha value is -2.27. The molecule has 1 heterocycles. The molecule has 0 saturated heterocycles. The summed E-state index contributed by atoms with van der Waals surface area (Å²) in [5.74, 6) is 0.681. The average Bonchev–Trinajstić information content (AvgIpc) is 2.44. The minimum Gasteiger partial charge on any atom is -0.340 e. The van der Waals surface area contributed by atoms with Crippen LogP contribution in [0.1, 0.15) is 19.4 Å². The van der Waals surface area contributed by atoms with Gasteiger partial charge in [-0.2, -0.15) is 0 Å². The lowest BCUT2D eigenvalue weighted by molar-refractivity contribution is 0.250. The van der Waals surface area contributed by atoms with Gasteiger partial charge in [0, 0.05) is 16.8 Å². The summed E-state index contributed by atoms with van der Waals surface area (Å²) in [6.07, 6.45) is 1.60. The number of aromatic nitrogens is 1. The standard InChI is InChI=1S/C16H19ClN4O/c1-10(2)19-16(22)20-13-6-7-15(18-9-13)21-14-8-12(17)5-4-11(14)3/h4-10H,1-3H3,(H,18,21)(H2,19,20,22). The van der Waals surface area contributed by atoms with Crippen molar-refractivity contribution >= 4 is 34.8 Å². The van der Waals surface area contributed by atoms with Gasteiger partial charge in [-0.05, 0) is 50.6 Å². The number of nitrogens with zero attached hydrogens (tertiary/aromatic N) is 1. The number of carbonyl (C=O) groups excluding carboxylic acids is 1. The Morgan fingerprint density at radius 2 is 2.00 bits per heavy atom. The minimum atomic E-state index is -0.247. The highest BCUT2D eigenvalue weighted by Crippen LogP contribution is 2.23. The third-order valence-corrected chi connectivity index (χ3v) is 3.14. The van der Waals surface area contributed by atoms with E-state index in [2.05, 4.69) is 20.9 Å². The first kappa shape index (κ1) is 16.1. The summed E-state index contributed by atoms with van der Waals surface area (Å²) < 4.78 is 0. The molecule has 0 aliphatic rings. The summed E-state index contributed by atoms with van der Waals surface area (Å²) in [5, 5.41) is 9.34. The number of nitrogens with one attached hydrogen (secondary N) is 3. The van der Waals surface area contributed by atoms with E-state index in [1.54, 1.807) is 18.3 Å². The molecule has 5 nitrogen and oxygen atoms in total. The van der Waals surface area contributed by atoms with Gasteiger partial charge >= 0.3 is 6.03 Å². The molecular weight excluding hydrogens is 300 g/mol. The summed E-state index contributed by atoms with van der Waals surface area (Å²) in [6, 6.07) is 9.05. The van der Waals surface area contributed by atoms with Gasteiger partial charge in [0.15, 0.2) is 0 Å². The van der Waals surface area contributed by atoms with Gasteiger partial charge in [0.1, 0.15) is 5.82 Å². The van der Waals surface area contributed by atoms with Crippen molar-refractivity contribution in [3.05, 3.63) is 47.1 Å².